The van der Waals surface area contributed by atoms with Crippen molar-refractivity contribution in [3.05, 3.63) is 30.1 Å². The van der Waals surface area contributed by atoms with Crippen molar-refractivity contribution in [2.45, 2.75) is 32.1 Å². The molecule has 0 aromatic heterocycles. The van der Waals surface area contributed by atoms with Gasteiger partial charge >= 0.3 is 0 Å². The molecule has 1 aromatic rings. The predicted octanol–water partition coefficient (Wildman–Crippen LogP) is 2.29. The van der Waals surface area contributed by atoms with Crippen molar-refractivity contribution in [3.63, 3.8) is 0 Å². The highest BCUT2D eigenvalue weighted by Gasteiger charge is 2.22. The highest BCUT2D eigenvalue weighted by molar-refractivity contribution is 7.92. The summed E-state index contributed by atoms with van der Waals surface area (Å²) in [6.45, 7) is 0.291. The number of nitrogens with one attached hydrogen (secondary N) is 1. The van der Waals surface area contributed by atoms with E-state index in [0.29, 0.717) is 0 Å². The zero-order valence-corrected chi connectivity index (χ0v) is 14.1. The lowest BCUT2D eigenvalue weighted by atomic mass is 9.89. The van der Waals surface area contributed by atoms with Crippen LogP contribution in [0.2, 0.25) is 0 Å². The maximum atomic E-state index is 13.3. The van der Waals surface area contributed by atoms with Crippen molar-refractivity contribution in [1.82, 2.24) is 5.32 Å². The summed E-state index contributed by atoms with van der Waals surface area (Å²) in [6, 6.07) is 5.43. The normalized spacial score (nSPS) is 16.1. The van der Waals surface area contributed by atoms with Crippen LogP contribution in [-0.2, 0) is 14.8 Å². The van der Waals surface area contributed by atoms with Gasteiger partial charge in [-0.2, -0.15) is 0 Å². The zero-order chi connectivity index (χ0) is 16.9. The number of nitrogens with zero attached hydrogens (tertiary/aromatic N) is 1. The Morgan fingerprint density at radius 2 is 2.00 bits per heavy atom. The van der Waals surface area contributed by atoms with E-state index in [4.69, 9.17) is 0 Å². The molecule has 128 valence electrons. The standard InChI is InChI=1S/C16H23FN2O3S/c1-23(21,22)19(15-9-5-8-14(17)12-15)11-10-18-16(20)13-6-3-2-4-7-13/h5,8-9,12-13H,2-4,6-7,10-11H2,1H3,(H,18,20). The molecule has 1 N–H and O–H groups in total. The smallest absolute Gasteiger partial charge is 0.232 e. The SMILES string of the molecule is CS(=O)(=O)N(CCNC(=O)C1CCCCC1)c1cccc(F)c1. The fourth-order valence-corrected chi connectivity index (χ4v) is 3.83. The highest BCUT2D eigenvalue weighted by Crippen LogP contribution is 2.23. The van der Waals surface area contributed by atoms with Crippen molar-refractivity contribution in [2.24, 2.45) is 5.92 Å². The molecule has 0 aliphatic heterocycles. The van der Waals surface area contributed by atoms with E-state index in [0.717, 1.165) is 36.2 Å². The van der Waals surface area contributed by atoms with Gasteiger partial charge in [0, 0.05) is 12.5 Å². The average Bonchev–Trinajstić information content (AvgIpc) is 2.51. The summed E-state index contributed by atoms with van der Waals surface area (Å²) < 4.78 is 38.2. The zero-order valence-electron chi connectivity index (χ0n) is 13.3. The van der Waals surface area contributed by atoms with Gasteiger partial charge in [-0.25, -0.2) is 12.8 Å². The monoisotopic (exact) mass is 342 g/mol. The third kappa shape index (κ3) is 5.20. The lowest BCUT2D eigenvalue weighted by molar-refractivity contribution is -0.125. The number of rotatable bonds is 6. The third-order valence-electron chi connectivity index (χ3n) is 4.09. The minimum Gasteiger partial charge on any atom is -0.354 e. The Balaban J connectivity index is 1.95. The van der Waals surface area contributed by atoms with Crippen molar-refractivity contribution >= 4 is 21.6 Å². The molecule has 1 aromatic carbocycles. The molecule has 0 unspecified atom stereocenters. The van der Waals surface area contributed by atoms with Gasteiger partial charge in [-0.3, -0.25) is 9.10 Å². The topological polar surface area (TPSA) is 66.5 Å². The van der Waals surface area contributed by atoms with Crippen LogP contribution in [-0.4, -0.2) is 33.7 Å². The molecule has 7 heteroatoms. The van der Waals surface area contributed by atoms with Crippen LogP contribution in [0.1, 0.15) is 32.1 Å². The van der Waals surface area contributed by atoms with E-state index >= 15 is 0 Å². The minimum atomic E-state index is -3.54. The fourth-order valence-electron chi connectivity index (χ4n) is 2.91. The van der Waals surface area contributed by atoms with E-state index < -0.39 is 15.8 Å². The number of anilines is 1. The first-order valence-electron chi connectivity index (χ1n) is 7.89. The molecular weight excluding hydrogens is 319 g/mol. The van der Waals surface area contributed by atoms with E-state index in [1.807, 2.05) is 0 Å². The second-order valence-corrected chi connectivity index (χ2v) is 7.85. The summed E-state index contributed by atoms with van der Waals surface area (Å²) in [5.41, 5.74) is 0.263. The predicted molar refractivity (Wildman–Crippen MR) is 88.2 cm³/mol. The molecule has 0 spiro atoms. The molecule has 0 atom stereocenters. The maximum Gasteiger partial charge on any atom is 0.232 e. The van der Waals surface area contributed by atoms with Gasteiger partial charge in [0.15, 0.2) is 0 Å². The Labute approximate surface area is 136 Å². The van der Waals surface area contributed by atoms with Crippen LogP contribution in [0.25, 0.3) is 0 Å². The fraction of sp³-hybridized carbons (Fsp3) is 0.562. The van der Waals surface area contributed by atoms with E-state index in [1.165, 1.54) is 30.7 Å². The second-order valence-electron chi connectivity index (χ2n) is 5.94. The molecule has 0 radical (unpaired) electrons. The quantitative estimate of drug-likeness (QED) is 0.862. The van der Waals surface area contributed by atoms with Gasteiger partial charge in [-0.05, 0) is 31.0 Å². The molecule has 1 saturated carbocycles. The van der Waals surface area contributed by atoms with Gasteiger partial charge in [-0.15, -0.1) is 0 Å². The van der Waals surface area contributed by atoms with Crippen LogP contribution < -0.4 is 9.62 Å². The molecular formula is C16H23FN2O3S. The van der Waals surface area contributed by atoms with Crippen LogP contribution in [0.3, 0.4) is 0 Å². The van der Waals surface area contributed by atoms with Crippen LogP contribution in [0.4, 0.5) is 10.1 Å². The van der Waals surface area contributed by atoms with Gasteiger partial charge in [-0.1, -0.05) is 25.3 Å². The molecule has 1 fully saturated rings. The van der Waals surface area contributed by atoms with E-state index in [1.54, 1.807) is 0 Å². The molecule has 1 aliphatic rings. The molecule has 0 bridgehead atoms. The van der Waals surface area contributed by atoms with Gasteiger partial charge in [0.2, 0.25) is 15.9 Å². The number of benzene rings is 1. The van der Waals surface area contributed by atoms with Crippen molar-refractivity contribution < 1.29 is 17.6 Å². The molecule has 0 heterocycles. The third-order valence-corrected chi connectivity index (χ3v) is 5.28. The Morgan fingerprint density at radius 3 is 2.61 bits per heavy atom. The van der Waals surface area contributed by atoms with Crippen LogP contribution in [0, 0.1) is 11.7 Å². The Hall–Kier alpha value is -1.63. The summed E-state index contributed by atoms with van der Waals surface area (Å²) >= 11 is 0. The van der Waals surface area contributed by atoms with Gasteiger partial charge in [0.1, 0.15) is 5.82 Å². The molecule has 23 heavy (non-hydrogen) atoms. The lowest BCUT2D eigenvalue weighted by Gasteiger charge is -2.24. The van der Waals surface area contributed by atoms with Gasteiger partial charge < -0.3 is 5.32 Å². The molecule has 2 rings (SSSR count). The first-order valence-corrected chi connectivity index (χ1v) is 9.74. The first-order chi connectivity index (χ1) is 10.9. The summed E-state index contributed by atoms with van der Waals surface area (Å²) in [6.07, 6.45) is 6.16. The van der Waals surface area contributed by atoms with Crippen molar-refractivity contribution in [2.75, 3.05) is 23.7 Å². The Morgan fingerprint density at radius 1 is 1.30 bits per heavy atom. The summed E-state index contributed by atoms with van der Waals surface area (Å²) in [5, 5.41) is 2.80. The number of hydrogen-bond acceptors (Lipinski definition) is 3. The van der Waals surface area contributed by atoms with Crippen molar-refractivity contribution in [3.8, 4) is 0 Å². The lowest BCUT2D eigenvalue weighted by Crippen LogP contribution is -2.40. The number of carbonyl (C=O) groups excluding carboxylic acids is 1. The second kappa shape index (κ2) is 7.77. The highest BCUT2D eigenvalue weighted by atomic mass is 32.2. The molecule has 0 saturated heterocycles. The molecule has 5 nitrogen and oxygen atoms in total. The minimum absolute atomic E-state index is 0.0163. The van der Waals surface area contributed by atoms with Crippen LogP contribution >= 0.6 is 0 Å². The van der Waals surface area contributed by atoms with Crippen LogP contribution in [0.15, 0.2) is 24.3 Å². The number of sulfonamides is 1. The Bertz CT molecular complexity index is 642. The first kappa shape index (κ1) is 17.7. The average molecular weight is 342 g/mol. The molecule has 1 aliphatic carbocycles. The van der Waals surface area contributed by atoms with Gasteiger partial charge in [0.05, 0.1) is 18.5 Å². The van der Waals surface area contributed by atoms with E-state index in [9.17, 15) is 17.6 Å². The summed E-state index contributed by atoms with van der Waals surface area (Å²) in [4.78, 5) is 12.1. The van der Waals surface area contributed by atoms with E-state index in [-0.39, 0.29) is 30.6 Å². The van der Waals surface area contributed by atoms with Gasteiger partial charge in [0.25, 0.3) is 0 Å². The number of halogens is 1. The van der Waals surface area contributed by atoms with Crippen LogP contribution in [0.5, 0.6) is 0 Å². The summed E-state index contributed by atoms with van der Waals surface area (Å²) in [5.74, 6) is -0.482. The summed E-state index contributed by atoms with van der Waals surface area (Å²) in [7, 11) is -3.54. The number of amides is 1. The largest absolute Gasteiger partial charge is 0.354 e. The van der Waals surface area contributed by atoms with E-state index in [2.05, 4.69) is 5.32 Å². The number of hydrogen-bond donors (Lipinski definition) is 1. The van der Waals surface area contributed by atoms with Crippen molar-refractivity contribution in [1.29, 1.82) is 0 Å². The number of carbonyl (C=O) groups is 1. The maximum absolute atomic E-state index is 13.3. The molecule has 1 amide bonds. The Kier molecular flexibility index (Phi) is 5.98.